The van der Waals surface area contributed by atoms with Crippen molar-refractivity contribution in [1.82, 2.24) is 0 Å². The average molecular weight is 290 g/mol. The van der Waals surface area contributed by atoms with Crippen molar-refractivity contribution < 1.29 is 14.6 Å². The van der Waals surface area contributed by atoms with Crippen LogP contribution >= 0.6 is 37.2 Å². The quantitative estimate of drug-likeness (QED) is 0.528. The minimum Gasteiger partial charge on any atom is -0.508 e. The van der Waals surface area contributed by atoms with Crippen LogP contribution in [0.25, 0.3) is 0 Å². The van der Waals surface area contributed by atoms with Crippen LogP contribution in [0.1, 0.15) is 0 Å². The van der Waals surface area contributed by atoms with Gasteiger partial charge in [-0.2, -0.15) is 0 Å². The van der Waals surface area contributed by atoms with Crippen LogP contribution in [0.3, 0.4) is 0 Å². The number of para-hydroxylation sites is 1. The van der Waals surface area contributed by atoms with Gasteiger partial charge in [0.05, 0.1) is 0 Å². The summed E-state index contributed by atoms with van der Waals surface area (Å²) in [4.78, 5) is 9.29. The zero-order valence-corrected chi connectivity index (χ0v) is 10.9. The molecule has 6 heteroatoms. The van der Waals surface area contributed by atoms with Gasteiger partial charge in [0.1, 0.15) is 12.4 Å². The smallest absolute Gasteiger partial charge is 0.293 e. The lowest BCUT2D eigenvalue weighted by molar-refractivity contribution is -0.127. The number of halogens is 3. The summed E-state index contributed by atoms with van der Waals surface area (Å²) in [7, 11) is 0. The van der Waals surface area contributed by atoms with Gasteiger partial charge in [-0.3, -0.25) is 4.79 Å². The van der Waals surface area contributed by atoms with E-state index < -0.39 is 0 Å². The molecule has 16 heavy (non-hydrogen) atoms. The Hall–Kier alpha value is -0.900. The Morgan fingerprint density at radius 1 is 1.19 bits per heavy atom. The number of phenolic OH excluding ortho intramolecular Hbond substituents is 1. The van der Waals surface area contributed by atoms with Gasteiger partial charge >= 0.3 is 0 Å². The molecule has 0 amide bonds. The first-order valence-electron chi connectivity index (χ1n) is 3.71. The third kappa shape index (κ3) is 18.8. The molecule has 0 aliphatic rings. The maximum absolute atomic E-state index is 9.29. The summed E-state index contributed by atoms with van der Waals surface area (Å²) in [6, 6.07) is 8.71. The summed E-state index contributed by atoms with van der Waals surface area (Å²) in [5.74, 6) is 0.322. The number of carbonyl (C=O) groups is 1. The molecule has 1 rings (SSSR count). The highest BCUT2D eigenvalue weighted by Gasteiger charge is 1.74. The van der Waals surface area contributed by atoms with E-state index in [1.807, 2.05) is 6.07 Å². The average Bonchev–Trinajstić information content (AvgIpc) is 2.17. The third-order valence-corrected chi connectivity index (χ3v) is 1.04. The van der Waals surface area contributed by atoms with E-state index in [1.165, 1.54) is 6.08 Å². The lowest BCUT2D eigenvalue weighted by Crippen LogP contribution is -1.83. The second kappa shape index (κ2) is 19.6. The Balaban J connectivity index is -0.0000000767. The molecule has 0 saturated heterocycles. The molecule has 0 fully saturated rings. The number of ether oxygens (including phenoxy) is 1. The fourth-order valence-corrected chi connectivity index (χ4v) is 0.535. The second-order valence-corrected chi connectivity index (χ2v) is 2.05. The predicted octanol–water partition coefficient (Wildman–Crippen LogP) is 3.00. The number of carbonyl (C=O) groups excluding carboxylic acids is 1. The van der Waals surface area contributed by atoms with E-state index in [0.717, 1.165) is 0 Å². The van der Waals surface area contributed by atoms with E-state index in [2.05, 4.69) is 11.3 Å². The van der Waals surface area contributed by atoms with Crippen LogP contribution in [0.2, 0.25) is 0 Å². The Morgan fingerprint density at radius 3 is 1.88 bits per heavy atom. The number of hydrogen-bond donors (Lipinski definition) is 1. The zero-order valence-electron chi connectivity index (χ0n) is 8.44. The molecule has 0 heterocycles. The molecule has 0 bridgehead atoms. The molecule has 0 aromatic heterocycles. The summed E-state index contributed by atoms with van der Waals surface area (Å²) in [6.07, 6.45) is 1.51. The van der Waals surface area contributed by atoms with E-state index in [0.29, 0.717) is 18.8 Å². The molecule has 0 unspecified atom stereocenters. The fraction of sp³-hybridized carbons (Fsp3) is 0.100. The Labute approximate surface area is 114 Å². The Bertz CT molecular complexity index is 234. The van der Waals surface area contributed by atoms with E-state index >= 15 is 0 Å². The highest BCUT2D eigenvalue weighted by atomic mass is 35.5. The van der Waals surface area contributed by atoms with Crippen molar-refractivity contribution in [3.8, 4) is 5.75 Å². The van der Waals surface area contributed by atoms with Crippen LogP contribution in [0.15, 0.2) is 43.0 Å². The highest BCUT2D eigenvalue weighted by Crippen LogP contribution is 2.02. The molecular formula is C10H15Cl3O3. The largest absolute Gasteiger partial charge is 0.508 e. The lowest BCUT2D eigenvalue weighted by Gasteiger charge is -1.82. The molecule has 0 saturated carbocycles. The standard InChI is InChI=1S/C6H6O.C4H6O2.3ClH/c7-6-4-2-1-3-5-6;1-2-3-6-4-5;;;/h1-5,7H;2,4H,1,3H2;3*1H. The zero-order chi connectivity index (χ0) is 9.94. The topological polar surface area (TPSA) is 46.5 Å². The van der Waals surface area contributed by atoms with Gasteiger partial charge in [0.25, 0.3) is 6.47 Å². The van der Waals surface area contributed by atoms with Crippen LogP contribution in [-0.4, -0.2) is 18.2 Å². The SMILES string of the molecule is C=CCOC=O.Cl.Cl.Cl.Oc1ccccc1. The van der Waals surface area contributed by atoms with Crippen LogP contribution in [0.4, 0.5) is 0 Å². The van der Waals surface area contributed by atoms with Gasteiger partial charge in [0.2, 0.25) is 0 Å². The van der Waals surface area contributed by atoms with E-state index in [1.54, 1.807) is 24.3 Å². The normalized spacial score (nSPS) is 6.25. The first-order chi connectivity index (χ1) is 6.31. The summed E-state index contributed by atoms with van der Waals surface area (Å²) in [5, 5.41) is 8.63. The van der Waals surface area contributed by atoms with Gasteiger partial charge in [-0.05, 0) is 12.1 Å². The summed E-state index contributed by atoms with van der Waals surface area (Å²) >= 11 is 0. The fourth-order valence-electron chi connectivity index (χ4n) is 0.535. The first kappa shape index (κ1) is 24.4. The molecule has 94 valence electrons. The maximum Gasteiger partial charge on any atom is 0.293 e. The monoisotopic (exact) mass is 288 g/mol. The van der Waals surface area contributed by atoms with Gasteiger partial charge in [0.15, 0.2) is 0 Å². The maximum atomic E-state index is 9.29. The molecule has 1 aromatic carbocycles. The van der Waals surface area contributed by atoms with Crippen molar-refractivity contribution >= 4 is 43.7 Å². The van der Waals surface area contributed by atoms with Gasteiger partial charge in [-0.15, -0.1) is 37.2 Å². The molecule has 0 atom stereocenters. The van der Waals surface area contributed by atoms with Crippen LogP contribution in [0.5, 0.6) is 5.75 Å². The first-order valence-corrected chi connectivity index (χ1v) is 3.71. The van der Waals surface area contributed by atoms with E-state index in [4.69, 9.17) is 5.11 Å². The van der Waals surface area contributed by atoms with Gasteiger partial charge in [0, 0.05) is 0 Å². The molecule has 1 aromatic rings. The molecular weight excluding hydrogens is 274 g/mol. The molecule has 0 spiro atoms. The van der Waals surface area contributed by atoms with E-state index in [9.17, 15) is 4.79 Å². The van der Waals surface area contributed by atoms with Crippen molar-refractivity contribution in [2.45, 2.75) is 0 Å². The Morgan fingerprint density at radius 2 is 1.69 bits per heavy atom. The number of phenols is 1. The van der Waals surface area contributed by atoms with Crippen molar-refractivity contribution in [2.75, 3.05) is 6.61 Å². The van der Waals surface area contributed by atoms with Crippen molar-refractivity contribution in [1.29, 1.82) is 0 Å². The molecule has 1 N–H and O–H groups in total. The summed E-state index contributed by atoms with van der Waals surface area (Å²) in [5.41, 5.74) is 0. The molecule has 0 radical (unpaired) electrons. The number of benzene rings is 1. The van der Waals surface area contributed by atoms with E-state index in [-0.39, 0.29) is 37.2 Å². The highest BCUT2D eigenvalue weighted by molar-refractivity contribution is 5.86. The minimum absolute atomic E-state index is 0. The van der Waals surface area contributed by atoms with Crippen molar-refractivity contribution in [2.24, 2.45) is 0 Å². The summed E-state index contributed by atoms with van der Waals surface area (Å²) in [6.45, 7) is 4.01. The summed E-state index contributed by atoms with van der Waals surface area (Å²) < 4.78 is 4.18. The number of hydrogen-bond acceptors (Lipinski definition) is 3. The number of aromatic hydroxyl groups is 1. The van der Waals surface area contributed by atoms with Gasteiger partial charge in [-0.25, -0.2) is 0 Å². The van der Waals surface area contributed by atoms with Gasteiger partial charge < -0.3 is 9.84 Å². The molecule has 0 aliphatic carbocycles. The molecule has 0 aliphatic heterocycles. The second-order valence-electron chi connectivity index (χ2n) is 2.05. The van der Waals surface area contributed by atoms with Gasteiger partial charge in [-0.1, -0.05) is 30.9 Å². The lowest BCUT2D eigenvalue weighted by atomic mass is 10.3. The predicted molar refractivity (Wildman–Crippen MR) is 72.1 cm³/mol. The van der Waals surface area contributed by atoms with Crippen LogP contribution in [-0.2, 0) is 9.53 Å². The van der Waals surface area contributed by atoms with Crippen LogP contribution < -0.4 is 0 Å². The molecule has 3 nitrogen and oxygen atoms in total. The third-order valence-electron chi connectivity index (χ3n) is 1.04. The van der Waals surface area contributed by atoms with Crippen LogP contribution in [0, 0.1) is 0 Å². The van der Waals surface area contributed by atoms with Crippen molar-refractivity contribution in [3.63, 3.8) is 0 Å². The minimum atomic E-state index is 0. The Kier molecular flexibility index (Phi) is 29.9. The number of rotatable bonds is 3. The van der Waals surface area contributed by atoms with Crippen molar-refractivity contribution in [3.05, 3.63) is 43.0 Å².